The molecular weight excluding hydrogens is 278 g/mol. The Morgan fingerprint density at radius 1 is 1.37 bits per heavy atom. The predicted molar refractivity (Wildman–Crippen MR) is 83.5 cm³/mol. The van der Waals surface area contributed by atoms with E-state index in [1.54, 1.807) is 11.3 Å². The third-order valence-electron chi connectivity index (χ3n) is 4.45. The number of halogens is 1. The van der Waals surface area contributed by atoms with Gasteiger partial charge in [-0.2, -0.15) is 0 Å². The van der Waals surface area contributed by atoms with Crippen molar-refractivity contribution in [3.05, 3.63) is 21.3 Å². The topological polar surface area (TPSA) is 41.3 Å². The molecule has 1 saturated carbocycles. The van der Waals surface area contributed by atoms with Crippen molar-refractivity contribution >= 4 is 22.9 Å². The minimum atomic E-state index is 0.145. The van der Waals surface area contributed by atoms with Crippen molar-refractivity contribution in [1.82, 2.24) is 10.3 Å². The molecule has 1 aromatic rings. The van der Waals surface area contributed by atoms with Gasteiger partial charge in [0, 0.05) is 10.4 Å². The number of hydrogen-bond acceptors (Lipinski definition) is 4. The molecule has 1 aliphatic rings. The highest BCUT2D eigenvalue weighted by molar-refractivity contribution is 7.16. The van der Waals surface area contributed by atoms with Crippen LogP contribution < -0.4 is 11.3 Å². The molecule has 1 unspecified atom stereocenters. The van der Waals surface area contributed by atoms with Gasteiger partial charge in [-0.3, -0.25) is 16.2 Å². The van der Waals surface area contributed by atoms with Crippen molar-refractivity contribution in [3.63, 3.8) is 0 Å². The van der Waals surface area contributed by atoms with E-state index in [9.17, 15) is 0 Å². The monoisotopic (exact) mass is 301 g/mol. The minimum Gasteiger partial charge on any atom is -0.296 e. The molecule has 1 fully saturated rings. The van der Waals surface area contributed by atoms with E-state index in [0.29, 0.717) is 0 Å². The van der Waals surface area contributed by atoms with Gasteiger partial charge in [0.05, 0.1) is 10.4 Å². The number of hydrazine groups is 1. The van der Waals surface area contributed by atoms with Crippen LogP contribution in [0.4, 0.5) is 0 Å². The molecule has 0 aromatic carbocycles. The first-order valence-electron chi connectivity index (χ1n) is 7.14. The zero-order valence-electron chi connectivity index (χ0n) is 11.8. The summed E-state index contributed by atoms with van der Waals surface area (Å²) in [5.74, 6) is 5.91. The van der Waals surface area contributed by atoms with Crippen LogP contribution in [0.1, 0.15) is 50.4 Å². The van der Waals surface area contributed by atoms with Crippen LogP contribution in [-0.2, 0) is 0 Å². The minimum absolute atomic E-state index is 0.145. The third-order valence-corrected chi connectivity index (χ3v) is 5.74. The highest BCUT2D eigenvalue weighted by Gasteiger charge is 2.45. The molecule has 1 aliphatic carbocycles. The predicted octanol–water partition coefficient (Wildman–Crippen LogP) is 3.56. The molecule has 0 amide bonds. The summed E-state index contributed by atoms with van der Waals surface area (Å²) < 4.78 is 0.836. The van der Waals surface area contributed by atoms with Crippen molar-refractivity contribution in [2.24, 2.45) is 5.84 Å². The lowest BCUT2D eigenvalue weighted by atomic mass is 9.85. The summed E-state index contributed by atoms with van der Waals surface area (Å²) in [6.45, 7) is 6.60. The number of likely N-dealkylation sites (N-methyl/N-ethyl adjacent to an activating group) is 1. The molecule has 1 heterocycles. The van der Waals surface area contributed by atoms with E-state index in [2.05, 4.69) is 30.2 Å². The Labute approximate surface area is 125 Å². The van der Waals surface area contributed by atoms with E-state index in [-0.39, 0.29) is 11.6 Å². The second kappa shape index (κ2) is 6.55. The first kappa shape index (κ1) is 15.3. The van der Waals surface area contributed by atoms with Gasteiger partial charge in [0.2, 0.25) is 0 Å². The molecule has 108 valence electrons. The fraction of sp³-hybridized carbons (Fsp3) is 0.714. The van der Waals surface area contributed by atoms with Gasteiger partial charge in [0.25, 0.3) is 0 Å². The maximum absolute atomic E-state index is 6.10. The Balaban J connectivity index is 2.35. The molecule has 2 rings (SSSR count). The Bertz CT molecular complexity index is 397. The first-order valence-corrected chi connectivity index (χ1v) is 8.33. The molecule has 3 nitrogen and oxygen atoms in total. The lowest BCUT2D eigenvalue weighted by Crippen LogP contribution is -2.56. The number of nitrogens with two attached hydrogens (primary N) is 1. The fourth-order valence-electron chi connectivity index (χ4n) is 3.61. The van der Waals surface area contributed by atoms with Crippen LogP contribution in [0, 0.1) is 0 Å². The van der Waals surface area contributed by atoms with E-state index in [4.69, 9.17) is 17.4 Å². The van der Waals surface area contributed by atoms with E-state index >= 15 is 0 Å². The van der Waals surface area contributed by atoms with Gasteiger partial charge in [-0.1, -0.05) is 38.3 Å². The largest absolute Gasteiger partial charge is 0.296 e. The van der Waals surface area contributed by atoms with Crippen molar-refractivity contribution in [2.45, 2.75) is 51.1 Å². The lowest BCUT2D eigenvalue weighted by Gasteiger charge is -2.45. The molecule has 1 atom stereocenters. The van der Waals surface area contributed by atoms with Gasteiger partial charge in [-0.15, -0.1) is 11.3 Å². The fourth-order valence-corrected chi connectivity index (χ4v) is 4.85. The number of nitrogens with one attached hydrogen (secondary N) is 1. The van der Waals surface area contributed by atoms with Gasteiger partial charge in [-0.25, -0.2) is 0 Å². The third kappa shape index (κ3) is 2.83. The highest BCUT2D eigenvalue weighted by Crippen LogP contribution is 2.46. The summed E-state index contributed by atoms with van der Waals surface area (Å²) in [5.41, 5.74) is 3.22. The van der Waals surface area contributed by atoms with Crippen LogP contribution in [0.3, 0.4) is 0 Å². The summed E-state index contributed by atoms with van der Waals surface area (Å²) in [5, 5.41) is 0. The molecule has 0 aliphatic heterocycles. The smallest absolute Gasteiger partial charge is 0.0931 e. The van der Waals surface area contributed by atoms with Crippen molar-refractivity contribution in [3.8, 4) is 0 Å². The molecule has 5 heteroatoms. The first-order chi connectivity index (χ1) is 9.17. The van der Waals surface area contributed by atoms with Gasteiger partial charge in [0.15, 0.2) is 0 Å². The second-order valence-electron chi connectivity index (χ2n) is 5.22. The van der Waals surface area contributed by atoms with E-state index in [1.807, 2.05) is 6.07 Å². The normalized spacial score (nSPS) is 20.1. The molecule has 0 radical (unpaired) electrons. The van der Waals surface area contributed by atoms with Crippen molar-refractivity contribution in [2.75, 3.05) is 13.1 Å². The summed E-state index contributed by atoms with van der Waals surface area (Å²) in [6, 6.07) is 4.25. The van der Waals surface area contributed by atoms with Gasteiger partial charge in [-0.05, 0) is 38.1 Å². The molecule has 3 N–H and O–H groups in total. The van der Waals surface area contributed by atoms with Crippen molar-refractivity contribution in [1.29, 1.82) is 0 Å². The summed E-state index contributed by atoms with van der Waals surface area (Å²) in [7, 11) is 0. The van der Waals surface area contributed by atoms with E-state index < -0.39 is 0 Å². The Morgan fingerprint density at radius 3 is 2.42 bits per heavy atom. The zero-order chi connectivity index (χ0) is 13.9. The van der Waals surface area contributed by atoms with Crippen LogP contribution in [-0.4, -0.2) is 23.5 Å². The Morgan fingerprint density at radius 2 is 2.00 bits per heavy atom. The van der Waals surface area contributed by atoms with Gasteiger partial charge < -0.3 is 0 Å². The van der Waals surface area contributed by atoms with Crippen LogP contribution >= 0.6 is 22.9 Å². The quantitative estimate of drug-likeness (QED) is 0.623. The number of hydrogen-bond donors (Lipinski definition) is 2. The number of nitrogens with zero attached hydrogens (tertiary/aromatic N) is 1. The average molecular weight is 302 g/mol. The van der Waals surface area contributed by atoms with Crippen LogP contribution in [0.15, 0.2) is 12.1 Å². The lowest BCUT2D eigenvalue weighted by molar-refractivity contribution is 0.0639. The Hall–Kier alpha value is -0.130. The van der Waals surface area contributed by atoms with Crippen LogP contribution in [0.25, 0.3) is 0 Å². The summed E-state index contributed by atoms with van der Waals surface area (Å²) in [6.07, 6.45) is 4.99. The average Bonchev–Trinajstić information content (AvgIpc) is 3.03. The van der Waals surface area contributed by atoms with Crippen molar-refractivity contribution < 1.29 is 0 Å². The summed E-state index contributed by atoms with van der Waals surface area (Å²) in [4.78, 5) is 3.82. The maximum atomic E-state index is 6.10. The molecule has 19 heavy (non-hydrogen) atoms. The summed E-state index contributed by atoms with van der Waals surface area (Å²) >= 11 is 7.74. The molecule has 0 bridgehead atoms. The number of thiophene rings is 1. The second-order valence-corrected chi connectivity index (χ2v) is 6.97. The highest BCUT2D eigenvalue weighted by atomic mass is 35.5. The molecule has 1 aromatic heterocycles. The van der Waals surface area contributed by atoms with E-state index in [0.717, 1.165) is 17.4 Å². The molecular formula is C14H24ClN3S. The Kier molecular flexibility index (Phi) is 5.26. The zero-order valence-corrected chi connectivity index (χ0v) is 13.4. The SMILES string of the molecule is CCN(CC)C1(C(NN)c2ccc(Cl)s2)CCCC1. The van der Waals surface area contributed by atoms with Gasteiger partial charge >= 0.3 is 0 Å². The van der Waals surface area contributed by atoms with Gasteiger partial charge in [0.1, 0.15) is 0 Å². The van der Waals surface area contributed by atoms with E-state index in [1.165, 1.54) is 30.6 Å². The molecule has 0 spiro atoms. The number of rotatable bonds is 6. The standard InChI is InChI=1S/C14H24ClN3S/c1-3-18(4-2)14(9-5-6-10-14)13(17-16)11-7-8-12(15)19-11/h7-8,13,17H,3-6,9-10,16H2,1-2H3. The van der Waals surface area contributed by atoms with Crippen LogP contribution in [0.2, 0.25) is 4.34 Å². The molecule has 0 saturated heterocycles. The maximum Gasteiger partial charge on any atom is 0.0931 e. The van der Waals surface area contributed by atoms with Crippen LogP contribution in [0.5, 0.6) is 0 Å².